The highest BCUT2D eigenvalue weighted by atomic mass is 79.9. The van der Waals surface area contributed by atoms with E-state index in [2.05, 4.69) is 20.8 Å². The zero-order valence-corrected chi connectivity index (χ0v) is 11.3. The maximum atomic E-state index is 5.22. The van der Waals surface area contributed by atoms with Crippen molar-refractivity contribution in [1.29, 1.82) is 0 Å². The quantitative estimate of drug-likeness (QED) is 0.715. The molecule has 3 heteroatoms. The summed E-state index contributed by atoms with van der Waals surface area (Å²) in [6.07, 6.45) is 5.50. The molecule has 0 N–H and O–H groups in total. The number of hydrogen-bond donors (Lipinski definition) is 0. The molecule has 0 spiro atoms. The van der Waals surface area contributed by atoms with E-state index < -0.39 is 0 Å². The molecule has 0 radical (unpaired) electrons. The van der Waals surface area contributed by atoms with E-state index in [0.717, 1.165) is 12.5 Å². The van der Waals surface area contributed by atoms with Crippen LogP contribution in [0.15, 0.2) is 0 Å². The molecule has 0 aromatic rings. The Hall–Kier alpha value is 0.400. The molecule has 2 aliphatic rings. The van der Waals surface area contributed by atoms with Crippen molar-refractivity contribution < 1.29 is 4.74 Å². The first kappa shape index (κ1) is 11.9. The summed E-state index contributed by atoms with van der Waals surface area (Å²) in [5.41, 5.74) is 0.647. The molecule has 2 fully saturated rings. The molecule has 2 rings (SSSR count). The highest BCUT2D eigenvalue weighted by molar-refractivity contribution is 9.09. The Labute approximate surface area is 101 Å². The van der Waals surface area contributed by atoms with Crippen molar-refractivity contribution in [1.82, 2.24) is 4.90 Å². The van der Waals surface area contributed by atoms with E-state index in [-0.39, 0.29) is 0 Å². The molecule has 0 amide bonds. The second-order valence-electron chi connectivity index (χ2n) is 5.31. The molecule has 2 nitrogen and oxygen atoms in total. The van der Waals surface area contributed by atoms with Gasteiger partial charge >= 0.3 is 0 Å². The van der Waals surface area contributed by atoms with Gasteiger partial charge in [0.1, 0.15) is 0 Å². The third kappa shape index (κ3) is 3.18. The molecule has 0 unspecified atom stereocenters. The lowest BCUT2D eigenvalue weighted by molar-refractivity contribution is 0.0922. The van der Waals surface area contributed by atoms with Crippen molar-refractivity contribution >= 4 is 15.9 Å². The van der Waals surface area contributed by atoms with Gasteiger partial charge in [-0.25, -0.2) is 0 Å². The average Bonchev–Trinajstić information content (AvgIpc) is 3.02. The number of halogens is 1. The van der Waals surface area contributed by atoms with Crippen molar-refractivity contribution in [3.8, 4) is 0 Å². The van der Waals surface area contributed by atoms with Crippen LogP contribution in [-0.2, 0) is 4.74 Å². The average molecular weight is 276 g/mol. The van der Waals surface area contributed by atoms with Crippen LogP contribution in [0.3, 0.4) is 0 Å². The normalized spacial score (nSPS) is 26.8. The van der Waals surface area contributed by atoms with Gasteiger partial charge in [-0.3, -0.25) is 0 Å². The first-order valence-electron chi connectivity index (χ1n) is 6.05. The minimum atomic E-state index is 0.647. The van der Waals surface area contributed by atoms with Crippen molar-refractivity contribution in [2.75, 3.05) is 38.7 Å². The first-order valence-corrected chi connectivity index (χ1v) is 7.17. The van der Waals surface area contributed by atoms with Gasteiger partial charge in [-0.2, -0.15) is 0 Å². The van der Waals surface area contributed by atoms with Gasteiger partial charge in [0.15, 0.2) is 0 Å². The fourth-order valence-corrected chi connectivity index (χ4v) is 3.27. The molecular formula is C12H22BrNO. The number of rotatable bonds is 5. The van der Waals surface area contributed by atoms with Crippen LogP contribution >= 0.6 is 15.9 Å². The Bertz CT molecular complexity index is 198. The van der Waals surface area contributed by atoms with Crippen LogP contribution in [0.25, 0.3) is 0 Å². The van der Waals surface area contributed by atoms with Crippen LogP contribution < -0.4 is 0 Å². The molecule has 1 aliphatic carbocycles. The predicted octanol–water partition coefficient (Wildman–Crippen LogP) is 2.52. The summed E-state index contributed by atoms with van der Waals surface area (Å²) in [6, 6.07) is 0. The van der Waals surface area contributed by atoms with Crippen LogP contribution in [0.2, 0.25) is 0 Å². The number of methoxy groups -OCH3 is 1. The number of alkyl halides is 1. The second-order valence-corrected chi connectivity index (χ2v) is 5.87. The molecule has 0 atom stereocenters. The Balaban J connectivity index is 1.69. The Morgan fingerprint density at radius 3 is 2.47 bits per heavy atom. The van der Waals surface area contributed by atoms with Crippen molar-refractivity contribution in [2.45, 2.75) is 25.7 Å². The van der Waals surface area contributed by atoms with E-state index in [0.29, 0.717) is 5.41 Å². The maximum absolute atomic E-state index is 5.22. The van der Waals surface area contributed by atoms with Crippen LogP contribution in [0.5, 0.6) is 0 Å². The van der Waals surface area contributed by atoms with E-state index in [1.54, 1.807) is 0 Å². The molecule has 1 saturated carbocycles. The summed E-state index contributed by atoms with van der Waals surface area (Å²) in [5, 5.41) is 1.19. The number of hydrogen-bond acceptors (Lipinski definition) is 2. The second kappa shape index (κ2) is 5.15. The zero-order chi connectivity index (χ0) is 10.7. The third-order valence-corrected chi connectivity index (χ3v) is 5.10. The first-order chi connectivity index (χ1) is 7.28. The summed E-state index contributed by atoms with van der Waals surface area (Å²) in [7, 11) is 1.82. The van der Waals surface area contributed by atoms with Gasteiger partial charge in [-0.05, 0) is 50.1 Å². The lowest BCUT2D eigenvalue weighted by Gasteiger charge is -2.33. The summed E-state index contributed by atoms with van der Waals surface area (Å²) in [6.45, 7) is 4.83. The zero-order valence-electron chi connectivity index (χ0n) is 9.67. The Morgan fingerprint density at radius 1 is 1.33 bits per heavy atom. The van der Waals surface area contributed by atoms with Gasteiger partial charge in [-0.1, -0.05) is 15.9 Å². The lowest BCUT2D eigenvalue weighted by atomic mass is 9.96. The van der Waals surface area contributed by atoms with Gasteiger partial charge in [0.05, 0.1) is 0 Å². The predicted molar refractivity (Wildman–Crippen MR) is 66.5 cm³/mol. The molecule has 1 saturated heterocycles. The highest BCUT2D eigenvalue weighted by Gasteiger charge is 2.43. The Morgan fingerprint density at radius 2 is 2.00 bits per heavy atom. The van der Waals surface area contributed by atoms with E-state index in [9.17, 15) is 0 Å². The lowest BCUT2D eigenvalue weighted by Crippen LogP contribution is -2.39. The summed E-state index contributed by atoms with van der Waals surface area (Å²) in [5.74, 6) is 0.811. The van der Waals surface area contributed by atoms with E-state index in [1.807, 2.05) is 7.11 Å². The Kier molecular flexibility index (Phi) is 4.08. The van der Waals surface area contributed by atoms with Gasteiger partial charge in [0.2, 0.25) is 0 Å². The third-order valence-electron chi connectivity index (χ3n) is 3.91. The monoisotopic (exact) mass is 275 g/mol. The van der Waals surface area contributed by atoms with Crippen LogP contribution in [0.4, 0.5) is 0 Å². The van der Waals surface area contributed by atoms with Gasteiger partial charge in [0.25, 0.3) is 0 Å². The summed E-state index contributed by atoms with van der Waals surface area (Å²) in [4.78, 5) is 2.65. The fraction of sp³-hybridized carbons (Fsp3) is 1.00. The molecule has 88 valence electrons. The minimum Gasteiger partial charge on any atom is -0.384 e. The number of ether oxygens (including phenoxy) is 1. The van der Waals surface area contributed by atoms with Crippen LogP contribution in [-0.4, -0.2) is 43.6 Å². The fourth-order valence-electron chi connectivity index (χ4n) is 2.53. The van der Waals surface area contributed by atoms with E-state index >= 15 is 0 Å². The van der Waals surface area contributed by atoms with E-state index in [4.69, 9.17) is 4.74 Å². The molecule has 0 bridgehead atoms. The molecule has 1 aliphatic heterocycles. The molecule has 0 aromatic heterocycles. The smallest absolute Gasteiger partial charge is 0.0491 e. The van der Waals surface area contributed by atoms with Crippen LogP contribution in [0.1, 0.15) is 25.7 Å². The van der Waals surface area contributed by atoms with Crippen molar-refractivity contribution in [2.24, 2.45) is 11.3 Å². The summed E-state index contributed by atoms with van der Waals surface area (Å²) < 4.78 is 5.22. The van der Waals surface area contributed by atoms with Gasteiger partial charge in [-0.15, -0.1) is 0 Å². The molecule has 0 aromatic carbocycles. The molecule has 15 heavy (non-hydrogen) atoms. The highest BCUT2D eigenvalue weighted by Crippen LogP contribution is 2.47. The number of likely N-dealkylation sites (tertiary alicyclic amines) is 1. The van der Waals surface area contributed by atoms with Gasteiger partial charge in [0, 0.05) is 25.6 Å². The largest absolute Gasteiger partial charge is 0.384 e. The SMILES string of the molecule is COCC1CCN(CC2(CBr)CC2)CC1. The minimum absolute atomic E-state index is 0.647. The molecule has 1 heterocycles. The standard InChI is InChI=1S/C12H22BrNO/c1-15-8-11-2-6-14(7-3-11)10-12(9-13)4-5-12/h11H,2-10H2,1H3. The van der Waals surface area contributed by atoms with Gasteiger partial charge < -0.3 is 9.64 Å². The topological polar surface area (TPSA) is 12.5 Å². The van der Waals surface area contributed by atoms with Crippen molar-refractivity contribution in [3.63, 3.8) is 0 Å². The number of piperidine rings is 1. The molecular weight excluding hydrogens is 254 g/mol. The van der Waals surface area contributed by atoms with Crippen molar-refractivity contribution in [3.05, 3.63) is 0 Å². The van der Waals surface area contributed by atoms with Crippen LogP contribution in [0, 0.1) is 11.3 Å². The maximum Gasteiger partial charge on any atom is 0.0491 e. The summed E-state index contributed by atoms with van der Waals surface area (Å²) >= 11 is 3.65. The number of nitrogens with zero attached hydrogens (tertiary/aromatic N) is 1. The van der Waals surface area contributed by atoms with E-state index in [1.165, 1.54) is 50.6 Å².